The van der Waals surface area contributed by atoms with Gasteiger partial charge in [0.05, 0.1) is 22.0 Å². The highest BCUT2D eigenvalue weighted by atomic mass is 79.9. The van der Waals surface area contributed by atoms with Gasteiger partial charge in [-0.1, -0.05) is 62.8 Å². The molecule has 3 aromatic rings. The van der Waals surface area contributed by atoms with Crippen LogP contribution in [0, 0.1) is 0 Å². The Hall–Kier alpha value is -1.46. The topological polar surface area (TPSA) is 84.0 Å². The van der Waals surface area contributed by atoms with E-state index in [9.17, 15) is 9.59 Å². The van der Waals surface area contributed by atoms with Crippen LogP contribution in [0.15, 0.2) is 55.7 Å². The first-order valence-electron chi connectivity index (χ1n) is 7.69. The van der Waals surface area contributed by atoms with E-state index in [0.29, 0.717) is 30.2 Å². The van der Waals surface area contributed by atoms with E-state index in [1.165, 1.54) is 23.1 Å². The highest BCUT2D eigenvalue weighted by Crippen LogP contribution is 2.28. The minimum absolute atomic E-state index is 0.138. The van der Waals surface area contributed by atoms with Crippen molar-refractivity contribution in [2.75, 3.05) is 16.4 Å². The molecule has 144 valence electrons. The van der Waals surface area contributed by atoms with Gasteiger partial charge in [-0.3, -0.25) is 14.9 Å². The number of halogens is 3. The lowest BCUT2D eigenvalue weighted by Gasteiger charge is -2.06. The molecule has 2 N–H and O–H groups in total. The van der Waals surface area contributed by atoms with Crippen molar-refractivity contribution >= 4 is 89.2 Å². The lowest BCUT2D eigenvalue weighted by atomic mass is 10.2. The Balaban J connectivity index is 1.54. The third kappa shape index (κ3) is 5.77. The summed E-state index contributed by atoms with van der Waals surface area (Å²) in [6, 6.07) is 12.3. The summed E-state index contributed by atoms with van der Waals surface area (Å²) >= 11 is 15.2. The largest absolute Gasteiger partial charge is 0.324 e. The van der Waals surface area contributed by atoms with Crippen LogP contribution in [-0.2, 0) is 4.79 Å². The molecule has 0 atom stereocenters. The standard InChI is InChI=1S/C17H11Br2ClN4O2S2/c18-9-5-6-13(12(20)7-9)21-14(25)8-27-17-24-23-16(28-17)22-15(26)10-3-1-2-4-11(10)19/h1-7H,8H2,(H,21,25)(H,22,23,26). The smallest absolute Gasteiger partial charge is 0.258 e. The van der Waals surface area contributed by atoms with Gasteiger partial charge in [-0.25, -0.2) is 0 Å². The fourth-order valence-corrected chi connectivity index (χ4v) is 4.77. The maximum Gasteiger partial charge on any atom is 0.258 e. The van der Waals surface area contributed by atoms with E-state index in [1.54, 1.807) is 36.4 Å². The number of hydrogen-bond acceptors (Lipinski definition) is 6. The number of carbonyl (C=O) groups excluding carboxylic acids is 2. The first-order valence-corrected chi connectivity index (χ1v) is 11.5. The van der Waals surface area contributed by atoms with Gasteiger partial charge in [0.1, 0.15) is 0 Å². The molecule has 6 nitrogen and oxygen atoms in total. The molecular formula is C17H11Br2ClN4O2S2. The molecule has 28 heavy (non-hydrogen) atoms. The number of aromatic nitrogens is 2. The van der Waals surface area contributed by atoms with Crippen LogP contribution >= 0.6 is 66.6 Å². The second kappa shape index (κ2) is 9.84. The molecule has 0 radical (unpaired) electrons. The van der Waals surface area contributed by atoms with Gasteiger partial charge < -0.3 is 5.32 Å². The van der Waals surface area contributed by atoms with Crippen LogP contribution in [0.1, 0.15) is 10.4 Å². The molecule has 0 aliphatic heterocycles. The van der Waals surface area contributed by atoms with Gasteiger partial charge in [0.2, 0.25) is 11.0 Å². The highest BCUT2D eigenvalue weighted by molar-refractivity contribution is 9.10. The number of carbonyl (C=O) groups is 2. The van der Waals surface area contributed by atoms with Gasteiger partial charge in [-0.2, -0.15) is 0 Å². The summed E-state index contributed by atoms with van der Waals surface area (Å²) in [5.74, 6) is -0.370. The van der Waals surface area contributed by atoms with E-state index in [1.807, 2.05) is 6.07 Å². The number of nitrogens with zero attached hydrogens (tertiary/aromatic N) is 2. The summed E-state index contributed by atoms with van der Waals surface area (Å²) in [5, 5.41) is 14.2. The molecule has 0 spiro atoms. The third-order valence-electron chi connectivity index (χ3n) is 3.28. The molecule has 3 rings (SSSR count). The zero-order chi connectivity index (χ0) is 20.1. The molecule has 0 unspecified atom stereocenters. The average Bonchev–Trinajstić information content (AvgIpc) is 3.10. The Morgan fingerprint density at radius 1 is 1.11 bits per heavy atom. The second-order valence-electron chi connectivity index (χ2n) is 5.27. The molecule has 0 saturated heterocycles. The Kier molecular flexibility index (Phi) is 7.47. The normalized spacial score (nSPS) is 10.5. The SMILES string of the molecule is O=C(CSc1nnc(NC(=O)c2ccccc2Br)s1)Nc1ccc(Br)cc1Cl. The predicted octanol–water partition coefficient (Wildman–Crippen LogP) is 5.70. The second-order valence-corrected chi connectivity index (χ2v) is 9.65. The molecule has 0 bridgehead atoms. The fourth-order valence-electron chi connectivity index (χ4n) is 2.03. The van der Waals surface area contributed by atoms with E-state index < -0.39 is 0 Å². The van der Waals surface area contributed by atoms with Gasteiger partial charge in [0.15, 0.2) is 4.34 Å². The number of hydrogen-bond donors (Lipinski definition) is 2. The maximum absolute atomic E-state index is 12.3. The molecule has 2 amide bonds. The van der Waals surface area contributed by atoms with Crippen LogP contribution < -0.4 is 10.6 Å². The Morgan fingerprint density at radius 3 is 2.64 bits per heavy atom. The van der Waals surface area contributed by atoms with Crippen molar-refractivity contribution in [1.82, 2.24) is 10.2 Å². The Labute approximate surface area is 190 Å². The van der Waals surface area contributed by atoms with Crippen molar-refractivity contribution < 1.29 is 9.59 Å². The van der Waals surface area contributed by atoms with E-state index >= 15 is 0 Å². The molecule has 1 aromatic heterocycles. The maximum atomic E-state index is 12.3. The van der Waals surface area contributed by atoms with Crippen molar-refractivity contribution in [2.24, 2.45) is 0 Å². The van der Waals surface area contributed by atoms with Crippen LogP contribution in [-0.4, -0.2) is 27.8 Å². The first-order chi connectivity index (χ1) is 13.4. The number of rotatable bonds is 6. The third-order valence-corrected chi connectivity index (χ3v) is 6.75. The van der Waals surface area contributed by atoms with E-state index in [-0.39, 0.29) is 17.6 Å². The highest BCUT2D eigenvalue weighted by Gasteiger charge is 2.14. The van der Waals surface area contributed by atoms with Crippen LogP contribution in [0.2, 0.25) is 5.02 Å². The van der Waals surface area contributed by atoms with E-state index in [2.05, 4.69) is 52.7 Å². The van der Waals surface area contributed by atoms with Gasteiger partial charge >= 0.3 is 0 Å². The molecule has 0 aliphatic rings. The van der Waals surface area contributed by atoms with Crippen LogP contribution in [0.4, 0.5) is 10.8 Å². The van der Waals surface area contributed by atoms with Gasteiger partial charge in [-0.05, 0) is 46.3 Å². The van der Waals surface area contributed by atoms with Crippen LogP contribution in [0.25, 0.3) is 0 Å². The van der Waals surface area contributed by atoms with E-state index in [4.69, 9.17) is 11.6 Å². The molecule has 0 aliphatic carbocycles. The summed E-state index contributed by atoms with van der Waals surface area (Å²) < 4.78 is 2.09. The van der Waals surface area contributed by atoms with Crippen molar-refractivity contribution in [3.05, 3.63) is 62.0 Å². The quantitative estimate of drug-likeness (QED) is 0.298. The van der Waals surface area contributed by atoms with Crippen LogP contribution in [0.3, 0.4) is 0 Å². The fraction of sp³-hybridized carbons (Fsp3) is 0.0588. The summed E-state index contributed by atoms with van der Waals surface area (Å²) in [6.45, 7) is 0. The summed E-state index contributed by atoms with van der Waals surface area (Å²) in [5.41, 5.74) is 1.03. The lowest BCUT2D eigenvalue weighted by Crippen LogP contribution is -2.14. The predicted molar refractivity (Wildman–Crippen MR) is 121 cm³/mol. The average molecular weight is 563 g/mol. The number of benzene rings is 2. The van der Waals surface area contributed by atoms with Crippen molar-refractivity contribution in [3.8, 4) is 0 Å². The molecular weight excluding hydrogens is 552 g/mol. The molecule has 11 heteroatoms. The van der Waals surface area contributed by atoms with Crippen molar-refractivity contribution in [3.63, 3.8) is 0 Å². The minimum Gasteiger partial charge on any atom is -0.324 e. The summed E-state index contributed by atoms with van der Waals surface area (Å²) in [6.07, 6.45) is 0. The van der Waals surface area contributed by atoms with Gasteiger partial charge in [0.25, 0.3) is 5.91 Å². The van der Waals surface area contributed by atoms with Crippen molar-refractivity contribution in [1.29, 1.82) is 0 Å². The van der Waals surface area contributed by atoms with E-state index in [0.717, 1.165) is 4.47 Å². The van der Waals surface area contributed by atoms with Crippen molar-refractivity contribution in [2.45, 2.75) is 4.34 Å². The zero-order valence-electron chi connectivity index (χ0n) is 13.9. The monoisotopic (exact) mass is 560 g/mol. The Morgan fingerprint density at radius 2 is 1.89 bits per heavy atom. The summed E-state index contributed by atoms with van der Waals surface area (Å²) in [7, 11) is 0. The first kappa shape index (κ1) is 21.3. The van der Waals surface area contributed by atoms with Gasteiger partial charge in [-0.15, -0.1) is 10.2 Å². The zero-order valence-corrected chi connectivity index (χ0v) is 19.5. The lowest BCUT2D eigenvalue weighted by molar-refractivity contribution is -0.113. The van der Waals surface area contributed by atoms with Gasteiger partial charge in [0, 0.05) is 8.95 Å². The molecule has 0 fully saturated rings. The summed E-state index contributed by atoms with van der Waals surface area (Å²) in [4.78, 5) is 24.4. The number of anilines is 2. The Bertz CT molecular complexity index is 1030. The van der Waals surface area contributed by atoms with Crippen LogP contribution in [0.5, 0.6) is 0 Å². The number of thioether (sulfide) groups is 1. The molecule has 0 saturated carbocycles. The number of amides is 2. The number of nitrogens with one attached hydrogen (secondary N) is 2. The molecule has 1 heterocycles. The molecule has 2 aromatic carbocycles. The minimum atomic E-state index is -0.289.